The number of alkyl halides is 5. The van der Waals surface area contributed by atoms with Crippen molar-refractivity contribution in [3.63, 3.8) is 0 Å². The molecule has 4 rings (SSSR count). The summed E-state index contributed by atoms with van der Waals surface area (Å²) in [4.78, 5) is -0.519. The second kappa shape index (κ2) is 10.0. The van der Waals surface area contributed by atoms with E-state index in [4.69, 9.17) is 4.74 Å². The molecule has 206 valence electrons. The van der Waals surface area contributed by atoms with Crippen LogP contribution < -0.4 is 0 Å². The number of benzene rings is 2. The first-order valence-electron chi connectivity index (χ1n) is 11.3. The predicted molar refractivity (Wildman–Crippen MR) is 126 cm³/mol. The van der Waals surface area contributed by atoms with E-state index in [2.05, 4.69) is 5.10 Å². The smallest absolute Gasteiger partial charge is 0.372 e. The van der Waals surface area contributed by atoms with Crippen molar-refractivity contribution in [1.29, 1.82) is 0 Å². The van der Waals surface area contributed by atoms with E-state index in [1.54, 1.807) is 30.3 Å². The molecule has 0 amide bonds. The lowest BCUT2D eigenvalue weighted by Crippen LogP contribution is -2.42. The molecule has 0 bridgehead atoms. The number of hydrogen-bond acceptors (Lipinski definition) is 6. The van der Waals surface area contributed by atoms with E-state index in [-0.39, 0.29) is 31.7 Å². The first-order valence-corrected chi connectivity index (χ1v) is 14.4. The van der Waals surface area contributed by atoms with Gasteiger partial charge in [-0.3, -0.25) is 4.68 Å². The van der Waals surface area contributed by atoms with E-state index >= 15 is 0 Å². The van der Waals surface area contributed by atoms with Crippen LogP contribution in [0.3, 0.4) is 0 Å². The fourth-order valence-electron chi connectivity index (χ4n) is 4.31. The van der Waals surface area contributed by atoms with Crippen molar-refractivity contribution >= 4 is 19.7 Å². The first kappa shape index (κ1) is 28.2. The highest BCUT2D eigenvalue weighted by molar-refractivity contribution is 7.92. The molecule has 1 aliphatic rings. The summed E-state index contributed by atoms with van der Waals surface area (Å²) < 4.78 is 123. The van der Waals surface area contributed by atoms with Crippen LogP contribution in [-0.2, 0) is 37.1 Å². The van der Waals surface area contributed by atoms with Gasteiger partial charge in [0.05, 0.1) is 27.4 Å². The molecule has 0 N–H and O–H groups in total. The molecular formula is C24H23F5N2O5S2. The fourth-order valence-corrected chi connectivity index (χ4v) is 6.82. The molecule has 0 spiro atoms. The Kier molecular flexibility index (Phi) is 7.45. The van der Waals surface area contributed by atoms with E-state index in [1.165, 1.54) is 6.92 Å². The van der Waals surface area contributed by atoms with Gasteiger partial charge in [0.25, 0.3) is 9.84 Å². The van der Waals surface area contributed by atoms with Gasteiger partial charge in [0.15, 0.2) is 14.9 Å². The summed E-state index contributed by atoms with van der Waals surface area (Å²) in [6.07, 6.45) is -6.18. The molecule has 2 aromatic carbocycles. The predicted octanol–water partition coefficient (Wildman–Crippen LogP) is 5.03. The molecule has 14 heteroatoms. The van der Waals surface area contributed by atoms with Crippen molar-refractivity contribution in [1.82, 2.24) is 9.78 Å². The van der Waals surface area contributed by atoms with E-state index in [0.29, 0.717) is 11.6 Å². The molecule has 38 heavy (non-hydrogen) atoms. The Morgan fingerprint density at radius 3 is 2.37 bits per heavy atom. The van der Waals surface area contributed by atoms with E-state index in [1.807, 2.05) is 0 Å². The number of sulfone groups is 2. The number of ether oxygens (including phenoxy) is 1. The van der Waals surface area contributed by atoms with Crippen LogP contribution in [0.1, 0.15) is 42.7 Å². The Morgan fingerprint density at radius 2 is 1.74 bits per heavy atom. The lowest BCUT2D eigenvalue weighted by molar-refractivity contribution is -0.137. The van der Waals surface area contributed by atoms with Crippen molar-refractivity contribution in [2.24, 2.45) is 0 Å². The monoisotopic (exact) mass is 578 g/mol. The van der Waals surface area contributed by atoms with Crippen molar-refractivity contribution in [2.45, 2.75) is 59.0 Å². The van der Waals surface area contributed by atoms with Gasteiger partial charge in [-0.1, -0.05) is 36.4 Å². The van der Waals surface area contributed by atoms with Gasteiger partial charge in [0.2, 0.25) is 0 Å². The molecule has 1 aliphatic heterocycles. The van der Waals surface area contributed by atoms with Gasteiger partial charge in [-0.15, -0.1) is 0 Å². The molecule has 1 fully saturated rings. The Balaban J connectivity index is 1.74. The lowest BCUT2D eigenvalue weighted by atomic mass is 9.94. The average molecular weight is 579 g/mol. The second-order valence-corrected chi connectivity index (χ2v) is 13.5. The zero-order chi connectivity index (χ0) is 27.9. The van der Waals surface area contributed by atoms with Crippen molar-refractivity contribution in [3.8, 4) is 0 Å². The lowest BCUT2D eigenvalue weighted by Gasteiger charge is -2.37. The zero-order valence-corrected chi connectivity index (χ0v) is 21.5. The molecule has 2 unspecified atom stereocenters. The third kappa shape index (κ3) is 5.34. The van der Waals surface area contributed by atoms with Crippen LogP contribution in [0.5, 0.6) is 0 Å². The second-order valence-electron chi connectivity index (χ2n) is 9.15. The minimum atomic E-state index is -5.07. The standard InChI is InChI=1S/C24H23F5N2O5S2/c1-23(38(34,35)18-9-5-8-17(12-18)24(27,28)29)10-11-36-20(14-23)19-13-21(37(32,33)22(25)26)30-31(19)15-16-6-3-2-4-7-16/h2-9,12-13,20,22H,10-11,14-15H2,1H3. The van der Waals surface area contributed by atoms with Crippen molar-refractivity contribution in [3.05, 3.63) is 77.5 Å². The Hall–Kier alpha value is -2.84. The topological polar surface area (TPSA) is 95.3 Å². The highest BCUT2D eigenvalue weighted by atomic mass is 32.2. The maximum absolute atomic E-state index is 13.6. The summed E-state index contributed by atoms with van der Waals surface area (Å²) in [6, 6.07) is 12.9. The van der Waals surface area contributed by atoms with Crippen molar-refractivity contribution in [2.75, 3.05) is 6.61 Å². The van der Waals surface area contributed by atoms with Crippen LogP contribution in [0.15, 0.2) is 70.6 Å². The third-order valence-corrected chi connectivity index (χ3v) is 10.3. The summed E-state index contributed by atoms with van der Waals surface area (Å²) in [7, 11) is -9.41. The molecule has 7 nitrogen and oxygen atoms in total. The number of halogens is 5. The van der Waals surface area contributed by atoms with Gasteiger partial charge >= 0.3 is 11.9 Å². The highest BCUT2D eigenvalue weighted by Crippen LogP contribution is 2.43. The van der Waals surface area contributed by atoms with Crippen LogP contribution in [0.4, 0.5) is 22.0 Å². The molecule has 3 aromatic rings. The highest BCUT2D eigenvalue weighted by Gasteiger charge is 2.47. The van der Waals surface area contributed by atoms with Crippen LogP contribution in [0.2, 0.25) is 0 Å². The van der Waals surface area contributed by atoms with Gasteiger partial charge in [-0.2, -0.15) is 27.1 Å². The summed E-state index contributed by atoms with van der Waals surface area (Å²) in [5.74, 6) is -3.73. The number of hydrogen-bond donors (Lipinski definition) is 0. The molecule has 0 radical (unpaired) electrons. The maximum atomic E-state index is 13.6. The molecule has 0 saturated carbocycles. The Labute approximate surface area is 216 Å². The number of aromatic nitrogens is 2. The van der Waals surface area contributed by atoms with Crippen LogP contribution in [0.25, 0.3) is 0 Å². The van der Waals surface area contributed by atoms with Crippen molar-refractivity contribution < 1.29 is 43.5 Å². The van der Waals surface area contributed by atoms with Gasteiger partial charge < -0.3 is 4.74 Å². The summed E-state index contributed by atoms with van der Waals surface area (Å²) in [5, 5.41) is 2.98. The SMILES string of the molecule is CC1(S(=O)(=O)c2cccc(C(F)(F)F)c2)CCOC(c2cc(S(=O)(=O)C(F)F)nn2Cc2ccccc2)C1. The largest absolute Gasteiger partial charge is 0.416 e. The minimum Gasteiger partial charge on any atom is -0.372 e. The molecule has 0 aliphatic carbocycles. The molecule has 2 heterocycles. The number of rotatable bonds is 7. The van der Waals surface area contributed by atoms with Crippen LogP contribution in [0, 0.1) is 0 Å². The Bertz CT molecular complexity index is 1520. The summed E-state index contributed by atoms with van der Waals surface area (Å²) >= 11 is 0. The normalized spacial score (nSPS) is 21.1. The Morgan fingerprint density at radius 1 is 1.05 bits per heavy atom. The van der Waals surface area contributed by atoms with Gasteiger partial charge in [0, 0.05) is 12.7 Å². The number of nitrogens with zero attached hydrogens (tertiary/aromatic N) is 2. The first-order chi connectivity index (χ1) is 17.6. The van der Waals surface area contributed by atoms with E-state index in [9.17, 15) is 38.8 Å². The van der Waals surface area contributed by atoms with E-state index in [0.717, 1.165) is 28.9 Å². The summed E-state index contributed by atoms with van der Waals surface area (Å²) in [6.45, 7) is 1.21. The average Bonchev–Trinajstić information content (AvgIpc) is 3.28. The van der Waals surface area contributed by atoms with Gasteiger partial charge in [0.1, 0.15) is 6.10 Å². The summed E-state index contributed by atoms with van der Waals surface area (Å²) in [5.41, 5.74) is -0.403. The maximum Gasteiger partial charge on any atom is 0.416 e. The molecule has 1 aromatic heterocycles. The third-order valence-electron chi connectivity index (χ3n) is 6.51. The van der Waals surface area contributed by atoms with Gasteiger partial charge in [-0.05, 0) is 43.5 Å². The zero-order valence-electron chi connectivity index (χ0n) is 19.9. The quantitative estimate of drug-likeness (QED) is 0.365. The molecule has 1 saturated heterocycles. The fraction of sp³-hybridized carbons (Fsp3) is 0.375. The minimum absolute atomic E-state index is 0.0219. The van der Waals surface area contributed by atoms with Gasteiger partial charge in [-0.25, -0.2) is 16.8 Å². The van der Waals surface area contributed by atoms with E-state index < -0.39 is 57.9 Å². The molecule has 2 atom stereocenters. The van der Waals surface area contributed by atoms with Crippen LogP contribution >= 0.6 is 0 Å². The molecular weight excluding hydrogens is 555 g/mol. The van der Waals surface area contributed by atoms with Crippen LogP contribution in [-0.4, -0.2) is 43.7 Å².